The first-order chi connectivity index (χ1) is 13.7. The third kappa shape index (κ3) is 4.73. The summed E-state index contributed by atoms with van der Waals surface area (Å²) < 4.78 is 41.4. The van der Waals surface area contributed by atoms with Crippen LogP contribution in [0.2, 0.25) is 5.02 Å². The minimum atomic E-state index is -4.04. The third-order valence-electron chi connectivity index (χ3n) is 3.99. The van der Waals surface area contributed by atoms with Crippen molar-refractivity contribution in [3.63, 3.8) is 0 Å². The zero-order valence-corrected chi connectivity index (χ0v) is 18.1. The summed E-state index contributed by atoms with van der Waals surface area (Å²) in [7, 11) is 2.74. The molecule has 0 atom stereocenters. The number of nitrogens with zero attached hydrogens (tertiary/aromatic N) is 1. The lowest BCUT2D eigenvalue weighted by Gasteiger charge is -2.16. The van der Waals surface area contributed by atoms with E-state index in [4.69, 9.17) is 30.6 Å². The van der Waals surface area contributed by atoms with Crippen LogP contribution in [0, 0.1) is 0 Å². The van der Waals surface area contributed by atoms with Crippen molar-refractivity contribution in [1.29, 1.82) is 0 Å². The van der Waals surface area contributed by atoms with E-state index in [1.807, 2.05) is 0 Å². The van der Waals surface area contributed by atoms with Crippen LogP contribution >= 0.6 is 11.6 Å². The van der Waals surface area contributed by atoms with Crippen molar-refractivity contribution in [2.45, 2.75) is 4.90 Å². The molecule has 1 amide bonds. The van der Waals surface area contributed by atoms with E-state index in [9.17, 15) is 13.2 Å². The third-order valence-corrected chi connectivity index (χ3v) is 6.15. The van der Waals surface area contributed by atoms with Gasteiger partial charge in [0, 0.05) is 30.4 Å². The van der Waals surface area contributed by atoms with Gasteiger partial charge in [-0.25, -0.2) is 8.42 Å². The molecule has 0 aliphatic rings. The van der Waals surface area contributed by atoms with Gasteiger partial charge in [-0.2, -0.15) is 0 Å². The average Bonchev–Trinajstić information content (AvgIpc) is 2.72. The van der Waals surface area contributed by atoms with Crippen LogP contribution < -0.4 is 19.5 Å². The molecule has 29 heavy (non-hydrogen) atoms. The Bertz CT molecular complexity index is 986. The van der Waals surface area contributed by atoms with Gasteiger partial charge in [-0.1, -0.05) is 16.1 Å². The van der Waals surface area contributed by atoms with Gasteiger partial charge in [-0.05, 0) is 18.2 Å². The molecule has 0 spiro atoms. The molecule has 0 bridgehead atoms. The average molecular weight is 445 g/mol. The fraction of sp³-hybridized carbons (Fsp3) is 0.278. The number of amides is 1. The predicted octanol–water partition coefficient (Wildman–Crippen LogP) is 2.80. The van der Waals surface area contributed by atoms with E-state index < -0.39 is 15.9 Å². The second-order valence-electron chi connectivity index (χ2n) is 5.61. The Morgan fingerprint density at radius 3 is 2.07 bits per heavy atom. The Balaban J connectivity index is 2.41. The maximum Gasteiger partial charge on any atom is 0.266 e. The molecule has 0 fully saturated rings. The van der Waals surface area contributed by atoms with E-state index >= 15 is 0 Å². The highest BCUT2D eigenvalue weighted by molar-refractivity contribution is 7.89. The lowest BCUT2D eigenvalue weighted by molar-refractivity contribution is -0.0258. The van der Waals surface area contributed by atoms with Crippen molar-refractivity contribution in [2.24, 2.45) is 0 Å². The number of ether oxygens (including phenoxy) is 3. The van der Waals surface area contributed by atoms with E-state index in [-0.39, 0.29) is 15.5 Å². The summed E-state index contributed by atoms with van der Waals surface area (Å²) in [6.45, 7) is 0. The Morgan fingerprint density at radius 1 is 1.00 bits per heavy atom. The summed E-state index contributed by atoms with van der Waals surface area (Å²) in [5.74, 6) is 0.509. The van der Waals surface area contributed by atoms with Crippen LogP contribution in [0.1, 0.15) is 10.4 Å². The monoisotopic (exact) mass is 444 g/mol. The van der Waals surface area contributed by atoms with E-state index in [2.05, 4.69) is 5.32 Å². The van der Waals surface area contributed by atoms with Gasteiger partial charge in [0.25, 0.3) is 15.9 Å². The first-order valence-electron chi connectivity index (χ1n) is 8.13. The lowest BCUT2D eigenvalue weighted by atomic mass is 10.2. The summed E-state index contributed by atoms with van der Waals surface area (Å²) in [5.41, 5.74) is 0.434. The summed E-state index contributed by atoms with van der Waals surface area (Å²) in [6, 6.07) is 6.99. The highest BCUT2D eigenvalue weighted by atomic mass is 35.5. The number of nitrogens with one attached hydrogen (secondary N) is 1. The van der Waals surface area contributed by atoms with Crippen LogP contribution in [0.3, 0.4) is 0 Å². The molecule has 2 aromatic carbocycles. The van der Waals surface area contributed by atoms with Gasteiger partial charge in [0.1, 0.15) is 4.90 Å². The maximum absolute atomic E-state index is 12.7. The van der Waals surface area contributed by atoms with E-state index in [0.29, 0.717) is 27.4 Å². The normalized spacial score (nSPS) is 11.3. The molecule has 0 radical (unpaired) electrons. The first kappa shape index (κ1) is 22.8. The number of methoxy groups -OCH3 is 3. The summed E-state index contributed by atoms with van der Waals surface area (Å²) in [4.78, 5) is 17.2. The number of hydrogen-bond donors (Lipinski definition) is 1. The molecule has 2 aromatic rings. The zero-order chi connectivity index (χ0) is 21.8. The molecular formula is C18H21ClN2O7S. The number of carbonyl (C=O) groups is 1. The molecular weight excluding hydrogens is 424 g/mol. The lowest BCUT2D eigenvalue weighted by Crippen LogP contribution is -2.26. The van der Waals surface area contributed by atoms with Crippen molar-refractivity contribution in [3.05, 3.63) is 40.9 Å². The number of halogens is 1. The summed E-state index contributed by atoms with van der Waals surface area (Å²) in [5, 5.41) is 2.62. The molecule has 1 N–H and O–H groups in total. The van der Waals surface area contributed by atoms with Gasteiger partial charge >= 0.3 is 0 Å². The fourth-order valence-corrected chi connectivity index (χ4v) is 3.91. The number of hydroxylamine groups is 1. The summed E-state index contributed by atoms with van der Waals surface area (Å²) in [6.07, 6.45) is 0. The van der Waals surface area contributed by atoms with Gasteiger partial charge in [0.05, 0.1) is 33.5 Å². The Kier molecular flexibility index (Phi) is 7.31. The number of anilines is 1. The van der Waals surface area contributed by atoms with Crippen molar-refractivity contribution < 1.29 is 32.3 Å². The largest absolute Gasteiger partial charge is 0.493 e. The Hall–Kier alpha value is -2.53. The van der Waals surface area contributed by atoms with Crippen molar-refractivity contribution in [3.8, 4) is 17.2 Å². The number of rotatable bonds is 8. The van der Waals surface area contributed by atoms with E-state index in [1.54, 1.807) is 12.1 Å². The molecule has 0 unspecified atom stereocenters. The molecule has 11 heteroatoms. The van der Waals surface area contributed by atoms with E-state index in [0.717, 1.165) is 0 Å². The van der Waals surface area contributed by atoms with Gasteiger partial charge in [0.15, 0.2) is 11.5 Å². The molecule has 0 saturated heterocycles. The van der Waals surface area contributed by atoms with Crippen molar-refractivity contribution in [2.75, 3.05) is 40.8 Å². The molecule has 0 aliphatic heterocycles. The number of sulfonamides is 1. The van der Waals surface area contributed by atoms with Gasteiger partial charge < -0.3 is 19.5 Å². The maximum atomic E-state index is 12.7. The van der Waals surface area contributed by atoms with Crippen LogP contribution in [0.4, 0.5) is 5.69 Å². The molecule has 2 rings (SSSR count). The quantitative estimate of drug-likeness (QED) is 0.624. The van der Waals surface area contributed by atoms with Gasteiger partial charge in [-0.3, -0.25) is 9.63 Å². The topological polar surface area (TPSA) is 103 Å². The zero-order valence-electron chi connectivity index (χ0n) is 16.5. The van der Waals surface area contributed by atoms with Gasteiger partial charge in [0.2, 0.25) is 5.75 Å². The van der Waals surface area contributed by atoms with Gasteiger partial charge in [-0.15, -0.1) is 0 Å². The fourth-order valence-electron chi connectivity index (χ4n) is 2.44. The summed E-state index contributed by atoms with van der Waals surface area (Å²) >= 11 is 6.02. The van der Waals surface area contributed by atoms with Crippen LogP contribution in [-0.2, 0) is 14.9 Å². The van der Waals surface area contributed by atoms with Crippen molar-refractivity contribution in [1.82, 2.24) is 4.47 Å². The Morgan fingerprint density at radius 2 is 1.59 bits per heavy atom. The minimum Gasteiger partial charge on any atom is -0.493 e. The SMILES string of the molecule is COc1cc(NC(=O)c2ccc(Cl)c(S(=O)(=O)N(C)OC)c2)cc(OC)c1OC. The number of benzene rings is 2. The van der Waals surface area contributed by atoms with E-state index in [1.165, 1.54) is 53.7 Å². The first-order valence-corrected chi connectivity index (χ1v) is 9.95. The second kappa shape index (κ2) is 9.31. The standard InChI is InChI=1S/C18H21ClN2O7S/c1-21(28-5)29(23,24)16-8-11(6-7-13(16)19)18(22)20-12-9-14(25-2)17(27-4)15(10-12)26-3/h6-10H,1-5H3,(H,20,22). The van der Waals surface area contributed by atoms with Crippen LogP contribution in [0.5, 0.6) is 17.2 Å². The van der Waals surface area contributed by atoms with Crippen LogP contribution in [0.15, 0.2) is 35.2 Å². The molecule has 0 aliphatic carbocycles. The molecule has 0 heterocycles. The van der Waals surface area contributed by atoms with Crippen LogP contribution in [0.25, 0.3) is 0 Å². The highest BCUT2D eigenvalue weighted by Gasteiger charge is 2.25. The Labute approximate surface area is 174 Å². The number of hydrogen-bond acceptors (Lipinski definition) is 7. The van der Waals surface area contributed by atoms with Crippen molar-refractivity contribution >= 4 is 33.2 Å². The highest BCUT2D eigenvalue weighted by Crippen LogP contribution is 2.40. The predicted molar refractivity (Wildman–Crippen MR) is 107 cm³/mol. The molecule has 0 saturated carbocycles. The van der Waals surface area contributed by atoms with Crippen LogP contribution in [-0.4, -0.2) is 54.3 Å². The minimum absolute atomic E-state index is 0.0433. The second-order valence-corrected chi connectivity index (χ2v) is 7.92. The number of carbonyl (C=O) groups excluding carboxylic acids is 1. The molecule has 0 aromatic heterocycles. The molecule has 9 nitrogen and oxygen atoms in total. The smallest absolute Gasteiger partial charge is 0.266 e. The molecule has 158 valence electrons.